The standard InChI is InChI=1S/C19H14N4/c1-2-6-15(7-3-1)16-9-11-17(12-10-16)23-14-19(21-22-23)18-8-4-5-13-20-18/h1-14H. The van der Waals surface area contributed by atoms with Gasteiger partial charge in [0.05, 0.1) is 17.6 Å². The Morgan fingerprint density at radius 3 is 2.13 bits per heavy atom. The molecule has 0 bridgehead atoms. The predicted octanol–water partition coefficient (Wildman–Crippen LogP) is 4.00. The second-order valence-electron chi connectivity index (χ2n) is 5.18. The van der Waals surface area contributed by atoms with Gasteiger partial charge in [-0.25, -0.2) is 4.68 Å². The molecule has 0 amide bonds. The summed E-state index contributed by atoms with van der Waals surface area (Å²) >= 11 is 0. The van der Waals surface area contributed by atoms with Crippen molar-refractivity contribution in [1.82, 2.24) is 20.0 Å². The van der Waals surface area contributed by atoms with E-state index in [-0.39, 0.29) is 0 Å². The molecule has 4 nitrogen and oxygen atoms in total. The molecule has 2 aromatic heterocycles. The first-order valence-electron chi connectivity index (χ1n) is 7.40. The molecule has 110 valence electrons. The number of hydrogen-bond donors (Lipinski definition) is 0. The molecular formula is C19H14N4. The molecule has 0 aliphatic carbocycles. The van der Waals surface area contributed by atoms with Gasteiger partial charge in [0.1, 0.15) is 5.69 Å². The zero-order valence-corrected chi connectivity index (χ0v) is 12.4. The minimum absolute atomic E-state index is 0.762. The number of nitrogens with zero attached hydrogens (tertiary/aromatic N) is 4. The van der Waals surface area contributed by atoms with Crippen LogP contribution in [-0.2, 0) is 0 Å². The fourth-order valence-electron chi connectivity index (χ4n) is 2.46. The Kier molecular flexibility index (Phi) is 3.41. The van der Waals surface area contributed by atoms with Gasteiger partial charge < -0.3 is 0 Å². The number of benzene rings is 2. The van der Waals surface area contributed by atoms with Crippen molar-refractivity contribution in [2.45, 2.75) is 0 Å². The van der Waals surface area contributed by atoms with Gasteiger partial charge >= 0.3 is 0 Å². The van der Waals surface area contributed by atoms with E-state index in [2.05, 4.69) is 39.6 Å². The van der Waals surface area contributed by atoms with Gasteiger partial charge in [0.2, 0.25) is 0 Å². The van der Waals surface area contributed by atoms with Crippen LogP contribution in [-0.4, -0.2) is 20.0 Å². The average molecular weight is 298 g/mol. The van der Waals surface area contributed by atoms with Crippen molar-refractivity contribution in [2.24, 2.45) is 0 Å². The number of rotatable bonds is 3. The van der Waals surface area contributed by atoms with Crippen molar-refractivity contribution in [3.8, 4) is 28.2 Å². The summed E-state index contributed by atoms with van der Waals surface area (Å²) in [6, 6.07) is 24.3. The fraction of sp³-hybridized carbons (Fsp3) is 0. The molecule has 2 aromatic carbocycles. The summed E-state index contributed by atoms with van der Waals surface area (Å²) in [5, 5.41) is 8.39. The van der Waals surface area contributed by atoms with Gasteiger partial charge in [-0.05, 0) is 35.4 Å². The smallest absolute Gasteiger partial charge is 0.131 e. The molecule has 0 unspecified atom stereocenters. The second kappa shape index (κ2) is 5.85. The third-order valence-electron chi connectivity index (χ3n) is 3.66. The molecule has 0 fully saturated rings. The first-order valence-corrected chi connectivity index (χ1v) is 7.40. The molecule has 4 aromatic rings. The summed E-state index contributed by atoms with van der Waals surface area (Å²) in [5.41, 5.74) is 4.93. The maximum Gasteiger partial charge on any atom is 0.131 e. The maximum atomic E-state index is 4.29. The van der Waals surface area contributed by atoms with Crippen molar-refractivity contribution >= 4 is 0 Å². The molecule has 0 N–H and O–H groups in total. The van der Waals surface area contributed by atoms with E-state index in [1.807, 2.05) is 54.7 Å². The molecule has 0 spiro atoms. The largest absolute Gasteiger partial charge is 0.254 e. The Morgan fingerprint density at radius 1 is 0.652 bits per heavy atom. The zero-order chi connectivity index (χ0) is 15.5. The SMILES string of the molecule is c1ccc(-c2ccc(-n3cc(-c4ccccn4)nn3)cc2)cc1. The predicted molar refractivity (Wildman–Crippen MR) is 90.0 cm³/mol. The molecule has 0 aliphatic rings. The molecule has 23 heavy (non-hydrogen) atoms. The van der Waals surface area contributed by atoms with Crippen molar-refractivity contribution in [2.75, 3.05) is 0 Å². The van der Waals surface area contributed by atoms with E-state index in [0.29, 0.717) is 0 Å². The van der Waals surface area contributed by atoms with E-state index in [9.17, 15) is 0 Å². The van der Waals surface area contributed by atoms with Gasteiger partial charge in [0.25, 0.3) is 0 Å². The Labute approximate surface area is 134 Å². The summed E-state index contributed by atoms with van der Waals surface area (Å²) in [6.45, 7) is 0. The number of aromatic nitrogens is 4. The van der Waals surface area contributed by atoms with Crippen LogP contribution >= 0.6 is 0 Å². The first-order chi connectivity index (χ1) is 11.4. The lowest BCUT2D eigenvalue weighted by atomic mass is 10.1. The Morgan fingerprint density at radius 2 is 1.39 bits per heavy atom. The van der Waals surface area contributed by atoms with Crippen molar-refractivity contribution in [3.63, 3.8) is 0 Å². The monoisotopic (exact) mass is 298 g/mol. The molecule has 0 aliphatic heterocycles. The van der Waals surface area contributed by atoms with E-state index >= 15 is 0 Å². The van der Waals surface area contributed by atoms with Gasteiger partial charge in [-0.2, -0.15) is 0 Å². The van der Waals surface area contributed by atoms with E-state index in [1.165, 1.54) is 11.1 Å². The maximum absolute atomic E-state index is 4.29. The van der Waals surface area contributed by atoms with Crippen molar-refractivity contribution in [3.05, 3.63) is 85.2 Å². The van der Waals surface area contributed by atoms with E-state index in [1.54, 1.807) is 10.9 Å². The normalized spacial score (nSPS) is 10.6. The molecule has 4 rings (SSSR count). The molecule has 4 heteroatoms. The third kappa shape index (κ3) is 2.74. The van der Waals surface area contributed by atoms with E-state index in [4.69, 9.17) is 0 Å². The number of hydrogen-bond acceptors (Lipinski definition) is 3. The highest BCUT2D eigenvalue weighted by atomic mass is 15.4. The molecular weight excluding hydrogens is 284 g/mol. The summed E-state index contributed by atoms with van der Waals surface area (Å²) in [7, 11) is 0. The minimum atomic E-state index is 0.762. The summed E-state index contributed by atoms with van der Waals surface area (Å²) < 4.78 is 1.76. The molecule has 2 heterocycles. The fourth-order valence-corrected chi connectivity index (χ4v) is 2.46. The Balaban J connectivity index is 1.63. The van der Waals surface area contributed by atoms with E-state index < -0.39 is 0 Å². The lowest BCUT2D eigenvalue weighted by Gasteiger charge is -2.03. The van der Waals surface area contributed by atoms with E-state index in [0.717, 1.165) is 17.1 Å². The van der Waals surface area contributed by atoms with Gasteiger partial charge in [-0.1, -0.05) is 53.7 Å². The van der Waals surface area contributed by atoms with Crippen LogP contribution in [0.3, 0.4) is 0 Å². The number of pyridine rings is 1. The molecule has 0 saturated carbocycles. The van der Waals surface area contributed by atoms with Crippen LogP contribution in [0.4, 0.5) is 0 Å². The lowest BCUT2D eigenvalue weighted by molar-refractivity contribution is 0.804. The summed E-state index contributed by atoms with van der Waals surface area (Å²) in [4.78, 5) is 4.29. The van der Waals surface area contributed by atoms with Gasteiger partial charge in [-0.3, -0.25) is 4.98 Å². The average Bonchev–Trinajstić information content (AvgIpc) is 3.14. The summed E-state index contributed by atoms with van der Waals surface area (Å²) in [6.07, 6.45) is 3.64. The molecule has 0 saturated heterocycles. The first kappa shape index (κ1) is 13.4. The van der Waals surface area contributed by atoms with Crippen LogP contribution in [0.25, 0.3) is 28.2 Å². The zero-order valence-electron chi connectivity index (χ0n) is 12.4. The quantitative estimate of drug-likeness (QED) is 0.574. The van der Waals surface area contributed by atoms with Gasteiger partial charge in [0, 0.05) is 6.20 Å². The van der Waals surface area contributed by atoms with Crippen LogP contribution in [0, 0.1) is 0 Å². The minimum Gasteiger partial charge on any atom is -0.254 e. The van der Waals surface area contributed by atoms with Crippen LogP contribution in [0.1, 0.15) is 0 Å². The Bertz CT molecular complexity index is 897. The van der Waals surface area contributed by atoms with Gasteiger partial charge in [-0.15, -0.1) is 5.10 Å². The van der Waals surface area contributed by atoms with Crippen LogP contribution in [0.2, 0.25) is 0 Å². The van der Waals surface area contributed by atoms with Crippen LogP contribution in [0.15, 0.2) is 85.2 Å². The highest BCUT2D eigenvalue weighted by Crippen LogP contribution is 2.21. The van der Waals surface area contributed by atoms with Crippen LogP contribution < -0.4 is 0 Å². The van der Waals surface area contributed by atoms with Crippen molar-refractivity contribution in [1.29, 1.82) is 0 Å². The van der Waals surface area contributed by atoms with Crippen molar-refractivity contribution < 1.29 is 0 Å². The highest BCUT2D eigenvalue weighted by Gasteiger charge is 2.06. The van der Waals surface area contributed by atoms with Gasteiger partial charge in [0.15, 0.2) is 0 Å². The highest BCUT2D eigenvalue weighted by molar-refractivity contribution is 5.64. The lowest BCUT2D eigenvalue weighted by Crippen LogP contribution is -1.94. The second-order valence-corrected chi connectivity index (χ2v) is 5.18. The summed E-state index contributed by atoms with van der Waals surface area (Å²) in [5.74, 6) is 0. The molecule has 0 atom stereocenters. The van der Waals surface area contributed by atoms with Crippen LogP contribution in [0.5, 0.6) is 0 Å². The Hall–Kier alpha value is -3.27. The molecule has 0 radical (unpaired) electrons. The topological polar surface area (TPSA) is 43.6 Å². The third-order valence-corrected chi connectivity index (χ3v) is 3.66.